The lowest BCUT2D eigenvalue weighted by Crippen LogP contribution is -2.34. The van der Waals surface area contributed by atoms with Crippen LogP contribution < -0.4 is 25.4 Å². The van der Waals surface area contributed by atoms with Crippen LogP contribution in [0.2, 0.25) is 0 Å². The van der Waals surface area contributed by atoms with Gasteiger partial charge in [-0.05, 0) is 61.0 Å². The van der Waals surface area contributed by atoms with Gasteiger partial charge in [-0.15, -0.1) is 11.8 Å². The zero-order valence-corrected chi connectivity index (χ0v) is 17.9. The topological polar surface area (TPSA) is 76.8 Å². The van der Waals surface area contributed by atoms with E-state index in [1.807, 2.05) is 41.3 Å². The quantitative estimate of drug-likeness (QED) is 0.509. The van der Waals surface area contributed by atoms with Crippen molar-refractivity contribution in [3.05, 3.63) is 42.0 Å². The molecule has 1 amide bonds. The molecule has 6 nitrogen and oxygen atoms in total. The Balaban J connectivity index is 1.48. The number of nitrogens with one attached hydrogen (secondary N) is 1. The third-order valence-corrected chi connectivity index (χ3v) is 6.04. The van der Waals surface area contributed by atoms with Crippen molar-refractivity contribution in [1.29, 1.82) is 0 Å². The largest absolute Gasteiger partial charge is 0.493 e. The molecule has 0 spiro atoms. The summed E-state index contributed by atoms with van der Waals surface area (Å²) in [5.41, 5.74) is 8.79. The molecule has 0 radical (unpaired) electrons. The molecule has 2 aromatic rings. The highest BCUT2D eigenvalue weighted by atomic mass is 32.2. The number of nitrogens with two attached hydrogens (primary N) is 1. The number of anilines is 2. The fourth-order valence-electron chi connectivity index (χ4n) is 3.38. The molecule has 0 bridgehead atoms. The molecule has 0 fully saturated rings. The Bertz CT molecular complexity index is 844. The minimum atomic E-state index is 0.150. The maximum absolute atomic E-state index is 12.8. The van der Waals surface area contributed by atoms with Crippen LogP contribution in [0.4, 0.5) is 11.4 Å². The van der Waals surface area contributed by atoms with Crippen molar-refractivity contribution in [3.63, 3.8) is 0 Å². The van der Waals surface area contributed by atoms with Gasteiger partial charge in [0.2, 0.25) is 5.91 Å². The minimum Gasteiger partial charge on any atom is -0.493 e. The van der Waals surface area contributed by atoms with Gasteiger partial charge in [0.15, 0.2) is 11.5 Å². The highest BCUT2D eigenvalue weighted by molar-refractivity contribution is 7.99. The Morgan fingerprint density at radius 1 is 1.14 bits per heavy atom. The van der Waals surface area contributed by atoms with Crippen LogP contribution in [0, 0.1) is 0 Å². The standard InChI is InChI=1S/C22H29N3O3S/c1-27-19-7-4-16(14-20(19)28-2)8-10-24-11-9-22(26)25-12-3-13-29-21-15-17(23)5-6-18(21)25/h4-7,14-15,24H,3,8-13,23H2,1-2H3. The predicted octanol–water partition coefficient (Wildman–Crippen LogP) is 3.34. The van der Waals surface area contributed by atoms with Crippen molar-refractivity contribution in [2.75, 3.05) is 50.2 Å². The lowest BCUT2D eigenvalue weighted by Gasteiger charge is -2.23. The van der Waals surface area contributed by atoms with Crippen molar-refractivity contribution in [2.45, 2.75) is 24.2 Å². The lowest BCUT2D eigenvalue weighted by atomic mass is 10.1. The number of carbonyl (C=O) groups excluding carboxylic acids is 1. The van der Waals surface area contributed by atoms with E-state index in [1.54, 1.807) is 26.0 Å². The van der Waals surface area contributed by atoms with Gasteiger partial charge in [0, 0.05) is 30.1 Å². The third kappa shape index (κ3) is 5.58. The molecule has 1 aliphatic rings. The number of ether oxygens (including phenoxy) is 2. The molecule has 3 N–H and O–H groups in total. The van der Waals surface area contributed by atoms with Gasteiger partial charge in [0.05, 0.1) is 19.9 Å². The molecule has 0 aromatic heterocycles. The van der Waals surface area contributed by atoms with Gasteiger partial charge in [0.25, 0.3) is 0 Å². The van der Waals surface area contributed by atoms with Crippen LogP contribution in [0.1, 0.15) is 18.4 Å². The molecule has 0 atom stereocenters. The maximum atomic E-state index is 12.8. The monoisotopic (exact) mass is 415 g/mol. The molecule has 3 rings (SSSR count). The molecule has 0 saturated carbocycles. The molecule has 2 aromatic carbocycles. The Morgan fingerprint density at radius 2 is 1.97 bits per heavy atom. The number of nitrogens with zero attached hydrogens (tertiary/aromatic N) is 1. The first-order chi connectivity index (χ1) is 14.1. The fraction of sp³-hybridized carbons (Fsp3) is 0.409. The molecular formula is C22H29N3O3S. The minimum absolute atomic E-state index is 0.150. The van der Waals surface area contributed by atoms with Gasteiger partial charge in [-0.1, -0.05) is 6.07 Å². The molecule has 1 heterocycles. The van der Waals surface area contributed by atoms with Crippen LogP contribution in [-0.2, 0) is 11.2 Å². The van der Waals surface area contributed by atoms with Gasteiger partial charge < -0.3 is 25.4 Å². The number of hydrogen-bond acceptors (Lipinski definition) is 6. The van der Waals surface area contributed by atoms with E-state index in [4.69, 9.17) is 15.2 Å². The number of rotatable bonds is 8. The zero-order valence-electron chi connectivity index (χ0n) is 17.1. The van der Waals surface area contributed by atoms with Gasteiger partial charge in [-0.25, -0.2) is 0 Å². The summed E-state index contributed by atoms with van der Waals surface area (Å²) in [6.07, 6.45) is 2.31. The molecule has 156 valence electrons. The van der Waals surface area contributed by atoms with Crippen LogP contribution in [0.5, 0.6) is 11.5 Å². The molecule has 7 heteroatoms. The SMILES string of the molecule is COc1ccc(CCNCCC(=O)N2CCCSc3cc(N)ccc32)cc1OC. The van der Waals surface area contributed by atoms with Crippen molar-refractivity contribution in [3.8, 4) is 11.5 Å². The van der Waals surface area contributed by atoms with Crippen molar-refractivity contribution in [2.24, 2.45) is 0 Å². The second kappa shape index (κ2) is 10.4. The normalized spacial score (nSPS) is 13.5. The van der Waals surface area contributed by atoms with Crippen molar-refractivity contribution < 1.29 is 14.3 Å². The Hall–Kier alpha value is -2.38. The summed E-state index contributed by atoms with van der Waals surface area (Å²) in [6.45, 7) is 2.21. The first kappa shape index (κ1) is 21.3. The van der Waals surface area contributed by atoms with Crippen LogP contribution >= 0.6 is 11.8 Å². The van der Waals surface area contributed by atoms with E-state index in [2.05, 4.69) is 5.32 Å². The van der Waals surface area contributed by atoms with E-state index in [-0.39, 0.29) is 5.91 Å². The van der Waals surface area contributed by atoms with Crippen molar-refractivity contribution >= 4 is 29.0 Å². The second-order valence-corrected chi connectivity index (χ2v) is 8.05. The van der Waals surface area contributed by atoms with Crippen LogP contribution in [0.25, 0.3) is 0 Å². The average Bonchev–Trinajstić information content (AvgIpc) is 2.95. The Labute approximate surface area is 176 Å². The number of fused-ring (bicyclic) bond motifs is 1. The number of carbonyl (C=O) groups is 1. The molecular weight excluding hydrogens is 386 g/mol. The molecule has 0 saturated heterocycles. The van der Waals surface area contributed by atoms with E-state index in [9.17, 15) is 4.79 Å². The summed E-state index contributed by atoms with van der Waals surface area (Å²) in [5.74, 6) is 2.62. The van der Waals surface area contributed by atoms with E-state index in [0.29, 0.717) is 13.0 Å². The predicted molar refractivity (Wildman–Crippen MR) is 119 cm³/mol. The van der Waals surface area contributed by atoms with Gasteiger partial charge in [-0.2, -0.15) is 0 Å². The summed E-state index contributed by atoms with van der Waals surface area (Å²) >= 11 is 1.77. The average molecular weight is 416 g/mol. The number of amides is 1. The Morgan fingerprint density at radius 3 is 2.76 bits per heavy atom. The number of nitrogen functional groups attached to an aromatic ring is 1. The first-order valence-electron chi connectivity index (χ1n) is 9.86. The van der Waals surface area contributed by atoms with Crippen LogP contribution in [0.15, 0.2) is 41.3 Å². The van der Waals surface area contributed by atoms with E-state index < -0.39 is 0 Å². The first-order valence-corrected chi connectivity index (χ1v) is 10.8. The Kier molecular flexibility index (Phi) is 7.66. The number of hydrogen-bond donors (Lipinski definition) is 2. The van der Waals surface area contributed by atoms with Gasteiger partial charge >= 0.3 is 0 Å². The zero-order chi connectivity index (χ0) is 20.6. The molecule has 29 heavy (non-hydrogen) atoms. The maximum Gasteiger partial charge on any atom is 0.228 e. The van der Waals surface area contributed by atoms with Crippen molar-refractivity contribution in [1.82, 2.24) is 5.32 Å². The number of benzene rings is 2. The molecule has 0 unspecified atom stereocenters. The molecule has 1 aliphatic heterocycles. The van der Waals surface area contributed by atoms with Gasteiger partial charge in [0.1, 0.15) is 0 Å². The number of thioether (sulfide) groups is 1. The summed E-state index contributed by atoms with van der Waals surface area (Å²) in [6, 6.07) is 11.7. The van der Waals surface area contributed by atoms with Crippen LogP contribution in [0.3, 0.4) is 0 Å². The van der Waals surface area contributed by atoms with E-state index >= 15 is 0 Å². The summed E-state index contributed by atoms with van der Waals surface area (Å²) in [7, 11) is 3.27. The molecule has 0 aliphatic carbocycles. The highest BCUT2D eigenvalue weighted by Gasteiger charge is 2.21. The van der Waals surface area contributed by atoms with Crippen LogP contribution in [-0.4, -0.2) is 45.5 Å². The second-order valence-electron chi connectivity index (χ2n) is 6.91. The van der Waals surface area contributed by atoms with E-state index in [0.717, 1.165) is 65.0 Å². The highest BCUT2D eigenvalue weighted by Crippen LogP contribution is 2.35. The smallest absolute Gasteiger partial charge is 0.228 e. The third-order valence-electron chi connectivity index (χ3n) is 4.91. The lowest BCUT2D eigenvalue weighted by molar-refractivity contribution is -0.118. The van der Waals surface area contributed by atoms with Gasteiger partial charge in [-0.3, -0.25) is 4.79 Å². The summed E-state index contributed by atoms with van der Waals surface area (Å²) < 4.78 is 10.6. The van der Waals surface area contributed by atoms with E-state index in [1.165, 1.54) is 0 Å². The fourth-order valence-corrected chi connectivity index (χ4v) is 4.42. The summed E-state index contributed by atoms with van der Waals surface area (Å²) in [4.78, 5) is 15.8. The summed E-state index contributed by atoms with van der Waals surface area (Å²) in [5, 5.41) is 3.37. The number of methoxy groups -OCH3 is 2.